The van der Waals surface area contributed by atoms with Crippen molar-refractivity contribution in [3.8, 4) is 22.9 Å². The molecule has 0 aliphatic heterocycles. The third-order valence-electron chi connectivity index (χ3n) is 3.58. The topological polar surface area (TPSA) is 65.9 Å². The van der Waals surface area contributed by atoms with Crippen LogP contribution in [0.4, 0.5) is 8.78 Å². The summed E-state index contributed by atoms with van der Waals surface area (Å²) in [6, 6.07) is 5.43. The number of nitrogens with zero attached hydrogens (tertiary/aromatic N) is 1. The smallest absolute Gasteiger partial charge is 0.266 e. The first-order valence-electron chi connectivity index (χ1n) is 7.74. The number of H-pyrrole nitrogens is 1. The molecule has 0 spiro atoms. The largest absolute Gasteiger partial charge is 0.488 e. The van der Waals surface area contributed by atoms with Gasteiger partial charge in [-0.2, -0.15) is 5.26 Å². The van der Waals surface area contributed by atoms with Crippen LogP contribution >= 0.6 is 0 Å². The predicted octanol–water partition coefficient (Wildman–Crippen LogP) is 4.07. The van der Waals surface area contributed by atoms with Crippen LogP contribution in [0.5, 0.6) is 5.75 Å². The van der Waals surface area contributed by atoms with Gasteiger partial charge in [0.2, 0.25) is 0 Å². The molecule has 0 radical (unpaired) electrons. The zero-order valence-electron chi connectivity index (χ0n) is 13.6. The van der Waals surface area contributed by atoms with E-state index in [1.165, 1.54) is 6.07 Å². The van der Waals surface area contributed by atoms with Crippen molar-refractivity contribution in [2.45, 2.75) is 33.1 Å². The first-order valence-corrected chi connectivity index (χ1v) is 7.74. The van der Waals surface area contributed by atoms with E-state index in [0.717, 1.165) is 25.0 Å². The Hall–Kier alpha value is -2.68. The fourth-order valence-electron chi connectivity index (χ4n) is 2.41. The van der Waals surface area contributed by atoms with Crippen molar-refractivity contribution in [3.05, 3.63) is 51.4 Å². The van der Waals surface area contributed by atoms with Gasteiger partial charge in [0, 0.05) is 11.3 Å². The molecule has 2 aromatic rings. The Morgan fingerprint density at radius 3 is 2.46 bits per heavy atom. The Kier molecular flexibility index (Phi) is 5.69. The number of nitrogens with one attached hydrogen (secondary N) is 1. The number of halogens is 2. The Bertz CT molecular complexity index is 815. The molecular weight excluding hydrogens is 314 g/mol. The summed E-state index contributed by atoms with van der Waals surface area (Å²) in [4.78, 5) is 14.3. The number of benzene rings is 1. The fraction of sp³-hybridized carbons (Fsp3) is 0.333. The maximum Gasteiger partial charge on any atom is 0.266 e. The van der Waals surface area contributed by atoms with E-state index >= 15 is 0 Å². The summed E-state index contributed by atoms with van der Waals surface area (Å²) in [5.41, 5.74) is 0.0321. The normalized spacial score (nSPS) is 10.5. The second kappa shape index (κ2) is 7.73. The highest BCUT2D eigenvalue weighted by molar-refractivity contribution is 5.71. The molecule has 2 rings (SSSR count). The molecule has 4 nitrogen and oxygen atoms in total. The van der Waals surface area contributed by atoms with Crippen LogP contribution in [-0.2, 0) is 0 Å². The molecule has 0 saturated carbocycles. The monoisotopic (exact) mass is 332 g/mol. The highest BCUT2D eigenvalue weighted by Crippen LogP contribution is 2.30. The summed E-state index contributed by atoms with van der Waals surface area (Å²) >= 11 is 0. The predicted molar refractivity (Wildman–Crippen MR) is 86.9 cm³/mol. The van der Waals surface area contributed by atoms with Crippen molar-refractivity contribution in [2.24, 2.45) is 0 Å². The van der Waals surface area contributed by atoms with Crippen molar-refractivity contribution in [3.63, 3.8) is 0 Å². The van der Waals surface area contributed by atoms with Crippen molar-refractivity contribution in [2.75, 3.05) is 6.61 Å². The number of aromatic nitrogens is 1. The van der Waals surface area contributed by atoms with E-state index < -0.39 is 22.9 Å². The minimum absolute atomic E-state index is 0.122. The summed E-state index contributed by atoms with van der Waals surface area (Å²) < 4.78 is 33.6. The van der Waals surface area contributed by atoms with Gasteiger partial charge in [-0.1, -0.05) is 19.8 Å². The van der Waals surface area contributed by atoms with E-state index in [9.17, 15) is 13.6 Å². The van der Waals surface area contributed by atoms with Gasteiger partial charge in [-0.3, -0.25) is 4.79 Å². The van der Waals surface area contributed by atoms with Crippen LogP contribution in [-0.4, -0.2) is 11.6 Å². The maximum absolute atomic E-state index is 14.2. The van der Waals surface area contributed by atoms with E-state index in [1.54, 1.807) is 13.0 Å². The lowest BCUT2D eigenvalue weighted by atomic mass is 10.0. The van der Waals surface area contributed by atoms with Gasteiger partial charge in [-0.25, -0.2) is 8.78 Å². The van der Waals surface area contributed by atoms with Gasteiger partial charge in [-0.05, 0) is 37.1 Å². The average Bonchev–Trinajstić information content (AvgIpc) is 2.52. The van der Waals surface area contributed by atoms with E-state index in [1.807, 2.05) is 6.92 Å². The summed E-state index contributed by atoms with van der Waals surface area (Å²) in [5.74, 6) is -2.15. The van der Waals surface area contributed by atoms with Gasteiger partial charge < -0.3 is 9.72 Å². The molecule has 0 atom stereocenters. The number of rotatable bonds is 6. The maximum atomic E-state index is 14.2. The number of unbranched alkanes of at least 4 members (excludes halogenated alkanes) is 2. The molecule has 1 aromatic heterocycles. The van der Waals surface area contributed by atoms with Gasteiger partial charge in [0.15, 0.2) is 17.4 Å². The number of pyridine rings is 1. The molecule has 1 aromatic carbocycles. The van der Waals surface area contributed by atoms with Gasteiger partial charge in [0.1, 0.15) is 11.6 Å². The quantitative estimate of drug-likeness (QED) is 0.811. The van der Waals surface area contributed by atoms with Gasteiger partial charge in [0.25, 0.3) is 5.56 Å². The Labute approximate surface area is 138 Å². The number of aryl methyl sites for hydroxylation is 1. The Balaban J connectivity index is 2.41. The second-order valence-electron chi connectivity index (χ2n) is 5.51. The molecule has 0 fully saturated rings. The molecular formula is C18H18F2N2O2. The molecule has 24 heavy (non-hydrogen) atoms. The highest BCUT2D eigenvalue weighted by atomic mass is 19.1. The first kappa shape index (κ1) is 17.7. The van der Waals surface area contributed by atoms with Crippen molar-refractivity contribution >= 4 is 0 Å². The van der Waals surface area contributed by atoms with E-state index in [0.29, 0.717) is 12.1 Å². The molecule has 0 amide bonds. The number of nitriles is 1. The zero-order valence-corrected chi connectivity index (χ0v) is 13.6. The van der Waals surface area contributed by atoms with Gasteiger partial charge in [-0.15, -0.1) is 0 Å². The third kappa shape index (κ3) is 3.80. The summed E-state index contributed by atoms with van der Waals surface area (Å²) in [6.45, 7) is 3.88. The van der Waals surface area contributed by atoms with Crippen LogP contribution < -0.4 is 10.3 Å². The number of aromatic amines is 1. The molecule has 1 N–H and O–H groups in total. The minimum atomic E-state index is -0.858. The number of ether oxygens (including phenoxy) is 1. The Morgan fingerprint density at radius 1 is 1.21 bits per heavy atom. The van der Waals surface area contributed by atoms with Crippen LogP contribution in [0.15, 0.2) is 23.0 Å². The molecule has 1 heterocycles. The molecule has 0 unspecified atom stereocenters. The fourth-order valence-corrected chi connectivity index (χ4v) is 2.41. The van der Waals surface area contributed by atoms with E-state index in [2.05, 4.69) is 4.98 Å². The molecule has 0 saturated heterocycles. The average molecular weight is 332 g/mol. The third-order valence-corrected chi connectivity index (χ3v) is 3.58. The highest BCUT2D eigenvalue weighted by Gasteiger charge is 2.17. The molecule has 0 aliphatic rings. The zero-order chi connectivity index (χ0) is 17.7. The summed E-state index contributed by atoms with van der Waals surface area (Å²) in [5, 5.41) is 9.13. The minimum Gasteiger partial charge on any atom is -0.488 e. The van der Waals surface area contributed by atoms with Crippen LogP contribution in [0.3, 0.4) is 0 Å². The molecule has 0 bridgehead atoms. The lowest BCUT2D eigenvalue weighted by Crippen LogP contribution is -2.13. The molecule has 6 heteroatoms. The van der Waals surface area contributed by atoms with Gasteiger partial charge in [0.05, 0.1) is 6.61 Å². The van der Waals surface area contributed by atoms with Crippen LogP contribution in [0.25, 0.3) is 11.1 Å². The standard InChI is InChI=1S/C18H18F2N2O2/c1-3-4-5-6-24-17-15(19)8-12(9-16(17)20)13-7-11(2)22-18(23)14(13)10-21/h7-9H,3-6H2,1-2H3,(H,22,23). The first-order chi connectivity index (χ1) is 11.5. The Morgan fingerprint density at radius 2 is 1.88 bits per heavy atom. The lowest BCUT2D eigenvalue weighted by Gasteiger charge is -2.11. The summed E-state index contributed by atoms with van der Waals surface area (Å²) in [6.07, 6.45) is 2.61. The second-order valence-corrected chi connectivity index (χ2v) is 5.51. The van der Waals surface area contributed by atoms with Crippen LogP contribution in [0.1, 0.15) is 37.4 Å². The van der Waals surface area contributed by atoms with Crippen LogP contribution in [0, 0.1) is 29.9 Å². The van der Waals surface area contributed by atoms with Gasteiger partial charge >= 0.3 is 0 Å². The number of hydrogen-bond acceptors (Lipinski definition) is 3. The lowest BCUT2D eigenvalue weighted by molar-refractivity contribution is 0.276. The SMILES string of the molecule is CCCCCOc1c(F)cc(-c2cc(C)[nH]c(=O)c2C#N)cc1F. The van der Waals surface area contributed by atoms with Crippen molar-refractivity contribution in [1.29, 1.82) is 5.26 Å². The molecule has 0 aliphatic carbocycles. The van der Waals surface area contributed by atoms with Crippen molar-refractivity contribution in [1.82, 2.24) is 4.98 Å². The van der Waals surface area contributed by atoms with Crippen LogP contribution in [0.2, 0.25) is 0 Å². The van der Waals surface area contributed by atoms with E-state index in [4.69, 9.17) is 10.00 Å². The van der Waals surface area contributed by atoms with Crippen molar-refractivity contribution < 1.29 is 13.5 Å². The number of hydrogen-bond donors (Lipinski definition) is 1. The molecule has 126 valence electrons. The summed E-state index contributed by atoms with van der Waals surface area (Å²) in [7, 11) is 0. The van der Waals surface area contributed by atoms with E-state index in [-0.39, 0.29) is 23.3 Å².